The molecule has 1 heterocycles. The van der Waals surface area contributed by atoms with Crippen LogP contribution in [0, 0.1) is 6.92 Å². The van der Waals surface area contributed by atoms with Gasteiger partial charge in [-0.1, -0.05) is 0 Å². The van der Waals surface area contributed by atoms with Gasteiger partial charge in [0.25, 0.3) is 5.56 Å². The fourth-order valence-corrected chi connectivity index (χ4v) is 0.672. The lowest BCUT2D eigenvalue weighted by Crippen LogP contribution is -2.16. The third-order valence-electron chi connectivity index (χ3n) is 1.43. The summed E-state index contributed by atoms with van der Waals surface area (Å²) in [7, 11) is 1.74. The number of anilines is 1. The van der Waals surface area contributed by atoms with E-state index in [4.69, 9.17) is 5.73 Å². The van der Waals surface area contributed by atoms with Gasteiger partial charge in [-0.05, 0) is 6.92 Å². The Morgan fingerprint density at radius 1 is 1.70 bits per heavy atom. The molecule has 0 aliphatic heterocycles. The highest BCUT2D eigenvalue weighted by molar-refractivity contribution is 5.36. The summed E-state index contributed by atoms with van der Waals surface area (Å²) in [4.78, 5) is 14.4. The average molecular weight is 139 g/mol. The lowest BCUT2D eigenvalue weighted by molar-refractivity contribution is 0.855. The molecule has 1 rings (SSSR count). The van der Waals surface area contributed by atoms with E-state index in [2.05, 4.69) is 4.98 Å². The molecule has 4 nitrogen and oxygen atoms in total. The molecule has 1 aromatic rings. The van der Waals surface area contributed by atoms with Crippen molar-refractivity contribution in [2.24, 2.45) is 7.05 Å². The van der Waals surface area contributed by atoms with Gasteiger partial charge in [-0.25, -0.2) is 0 Å². The second kappa shape index (κ2) is 2.13. The van der Waals surface area contributed by atoms with Crippen molar-refractivity contribution in [3.8, 4) is 0 Å². The number of aryl methyl sites for hydroxylation is 1. The van der Waals surface area contributed by atoms with Gasteiger partial charge in [0.15, 0.2) is 0 Å². The van der Waals surface area contributed by atoms with Crippen LogP contribution in [0.4, 0.5) is 5.82 Å². The highest BCUT2D eigenvalue weighted by Crippen LogP contribution is 1.99. The number of hydrogen-bond donors (Lipinski definition) is 1. The molecule has 0 saturated carbocycles. The third kappa shape index (κ3) is 0.877. The molecule has 0 spiro atoms. The van der Waals surface area contributed by atoms with Crippen LogP contribution in [0.15, 0.2) is 11.1 Å². The average Bonchev–Trinajstić information content (AvgIpc) is 1.93. The lowest BCUT2D eigenvalue weighted by atomic mass is 10.3. The molecule has 10 heavy (non-hydrogen) atoms. The van der Waals surface area contributed by atoms with Gasteiger partial charge < -0.3 is 10.3 Å². The maximum absolute atomic E-state index is 10.8. The van der Waals surface area contributed by atoms with Crippen LogP contribution in [0.3, 0.4) is 0 Å². The maximum Gasteiger partial charge on any atom is 0.277 e. The Labute approximate surface area is 58.3 Å². The Bertz CT molecular complexity index is 302. The minimum Gasteiger partial charge on any atom is -0.385 e. The molecular weight excluding hydrogens is 130 g/mol. The molecule has 0 aliphatic carbocycles. The quantitative estimate of drug-likeness (QED) is 0.535. The fourth-order valence-electron chi connectivity index (χ4n) is 0.672. The Balaban J connectivity index is 3.49. The zero-order valence-corrected chi connectivity index (χ0v) is 5.96. The van der Waals surface area contributed by atoms with E-state index in [1.807, 2.05) is 0 Å². The van der Waals surface area contributed by atoms with E-state index in [0.717, 1.165) is 0 Å². The molecular formula is C6H9N3O. The summed E-state index contributed by atoms with van der Waals surface area (Å²) in [6, 6.07) is 0. The Morgan fingerprint density at radius 3 is 2.80 bits per heavy atom. The van der Waals surface area contributed by atoms with Gasteiger partial charge >= 0.3 is 0 Å². The van der Waals surface area contributed by atoms with Crippen molar-refractivity contribution in [3.05, 3.63) is 22.2 Å². The first-order valence-electron chi connectivity index (χ1n) is 2.90. The van der Waals surface area contributed by atoms with Gasteiger partial charge in [0.1, 0.15) is 12.1 Å². The summed E-state index contributed by atoms with van der Waals surface area (Å²) in [5.74, 6) is 0.472. The molecule has 0 aliphatic rings. The standard InChI is InChI=1S/C6H9N3O/c1-4-5(7)9(2)3-8-6(4)10/h3H,7H2,1-2H3. The Kier molecular flexibility index (Phi) is 1.45. The zero-order valence-electron chi connectivity index (χ0n) is 5.96. The summed E-state index contributed by atoms with van der Waals surface area (Å²) in [6.07, 6.45) is 1.41. The number of aromatic nitrogens is 2. The smallest absolute Gasteiger partial charge is 0.277 e. The monoisotopic (exact) mass is 139 g/mol. The third-order valence-corrected chi connectivity index (χ3v) is 1.43. The van der Waals surface area contributed by atoms with E-state index >= 15 is 0 Å². The predicted octanol–water partition coefficient (Wildman–Crippen LogP) is -0.329. The molecule has 0 unspecified atom stereocenters. The molecule has 54 valence electrons. The fraction of sp³-hybridized carbons (Fsp3) is 0.333. The maximum atomic E-state index is 10.8. The van der Waals surface area contributed by atoms with Crippen LogP contribution in [-0.2, 0) is 7.05 Å². The number of nitrogens with zero attached hydrogens (tertiary/aromatic N) is 2. The molecule has 0 atom stereocenters. The molecule has 0 radical (unpaired) electrons. The molecule has 1 aromatic heterocycles. The number of nitrogen functional groups attached to an aromatic ring is 1. The molecule has 0 fully saturated rings. The van der Waals surface area contributed by atoms with Gasteiger partial charge in [-0.2, -0.15) is 4.98 Å². The highest BCUT2D eigenvalue weighted by atomic mass is 16.1. The van der Waals surface area contributed by atoms with Gasteiger partial charge in [0, 0.05) is 7.05 Å². The molecule has 4 heteroatoms. The van der Waals surface area contributed by atoms with Crippen molar-refractivity contribution in [2.75, 3.05) is 5.73 Å². The molecule has 2 N–H and O–H groups in total. The SMILES string of the molecule is Cc1c(N)n(C)cnc1=O. The van der Waals surface area contributed by atoms with Crippen LogP contribution in [0.25, 0.3) is 0 Å². The summed E-state index contributed by atoms with van der Waals surface area (Å²) < 4.78 is 1.61. The largest absolute Gasteiger partial charge is 0.385 e. The second-order valence-corrected chi connectivity index (χ2v) is 2.17. The lowest BCUT2D eigenvalue weighted by Gasteiger charge is -2.02. The van der Waals surface area contributed by atoms with Crippen LogP contribution < -0.4 is 11.3 Å². The summed E-state index contributed by atoms with van der Waals surface area (Å²) >= 11 is 0. The van der Waals surface area contributed by atoms with Crippen LogP contribution in [0.5, 0.6) is 0 Å². The number of nitrogens with two attached hydrogens (primary N) is 1. The minimum absolute atomic E-state index is 0.254. The number of hydrogen-bond acceptors (Lipinski definition) is 3. The van der Waals surface area contributed by atoms with E-state index in [-0.39, 0.29) is 5.56 Å². The van der Waals surface area contributed by atoms with E-state index < -0.39 is 0 Å². The second-order valence-electron chi connectivity index (χ2n) is 2.17. The van der Waals surface area contributed by atoms with E-state index in [9.17, 15) is 4.79 Å². The first-order chi connectivity index (χ1) is 4.63. The van der Waals surface area contributed by atoms with Crippen molar-refractivity contribution in [1.82, 2.24) is 9.55 Å². The zero-order chi connectivity index (χ0) is 7.72. The van der Waals surface area contributed by atoms with Crippen molar-refractivity contribution in [1.29, 1.82) is 0 Å². The van der Waals surface area contributed by atoms with Crippen LogP contribution in [-0.4, -0.2) is 9.55 Å². The van der Waals surface area contributed by atoms with Gasteiger partial charge in [-0.15, -0.1) is 0 Å². The Hall–Kier alpha value is -1.32. The topological polar surface area (TPSA) is 60.9 Å². The summed E-state index contributed by atoms with van der Waals surface area (Å²) in [6.45, 7) is 1.66. The normalized spacial score (nSPS) is 9.80. The van der Waals surface area contributed by atoms with Crippen molar-refractivity contribution < 1.29 is 0 Å². The van der Waals surface area contributed by atoms with Crippen molar-refractivity contribution in [3.63, 3.8) is 0 Å². The van der Waals surface area contributed by atoms with Gasteiger partial charge in [0.05, 0.1) is 5.56 Å². The molecule has 0 bridgehead atoms. The highest BCUT2D eigenvalue weighted by Gasteiger charge is 1.99. The summed E-state index contributed by atoms with van der Waals surface area (Å²) in [5, 5.41) is 0. The van der Waals surface area contributed by atoms with E-state index in [1.165, 1.54) is 6.33 Å². The molecule has 0 aromatic carbocycles. The number of rotatable bonds is 0. The van der Waals surface area contributed by atoms with Crippen molar-refractivity contribution >= 4 is 5.82 Å². The first kappa shape index (κ1) is 6.80. The Morgan fingerprint density at radius 2 is 2.30 bits per heavy atom. The molecule has 0 saturated heterocycles. The van der Waals surface area contributed by atoms with Crippen molar-refractivity contribution in [2.45, 2.75) is 6.92 Å². The predicted molar refractivity (Wildman–Crippen MR) is 38.6 cm³/mol. The van der Waals surface area contributed by atoms with E-state index in [1.54, 1.807) is 18.5 Å². The molecule has 0 amide bonds. The van der Waals surface area contributed by atoms with Crippen LogP contribution >= 0.6 is 0 Å². The van der Waals surface area contributed by atoms with Gasteiger partial charge in [0.2, 0.25) is 0 Å². The summed E-state index contributed by atoms with van der Waals surface area (Å²) in [5.41, 5.74) is 5.76. The van der Waals surface area contributed by atoms with E-state index in [0.29, 0.717) is 11.4 Å². The van der Waals surface area contributed by atoms with Crippen LogP contribution in [0.2, 0.25) is 0 Å². The van der Waals surface area contributed by atoms with Crippen LogP contribution in [0.1, 0.15) is 5.56 Å². The van der Waals surface area contributed by atoms with Gasteiger partial charge in [-0.3, -0.25) is 4.79 Å². The first-order valence-corrected chi connectivity index (χ1v) is 2.90. The minimum atomic E-state index is -0.254.